The number of morpholine rings is 1. The van der Waals surface area contributed by atoms with E-state index in [4.69, 9.17) is 32.2 Å². The maximum Gasteiger partial charge on any atom is 0.255 e. The summed E-state index contributed by atoms with van der Waals surface area (Å²) in [5.41, 5.74) is -5.54. The van der Waals surface area contributed by atoms with E-state index in [2.05, 4.69) is 4.74 Å². The van der Waals surface area contributed by atoms with Gasteiger partial charge in [-0.1, -0.05) is 12.1 Å². The highest BCUT2D eigenvalue weighted by Crippen LogP contribution is 2.34. The molecule has 0 aromatic heterocycles. The van der Waals surface area contributed by atoms with Crippen molar-refractivity contribution in [2.24, 2.45) is 0 Å². The van der Waals surface area contributed by atoms with Crippen LogP contribution in [-0.4, -0.2) is 59.7 Å². The van der Waals surface area contributed by atoms with Gasteiger partial charge < -0.3 is 14.4 Å². The molecule has 8 nitrogen and oxygen atoms in total. The summed E-state index contributed by atoms with van der Waals surface area (Å²) in [5.74, 6) is -7.38. The molecule has 34 heavy (non-hydrogen) atoms. The lowest BCUT2D eigenvalue weighted by Gasteiger charge is -2.29. The molecule has 1 atom stereocenters. The predicted octanol–water partition coefficient (Wildman–Crippen LogP) is 2.00. The molecule has 0 spiro atoms. The van der Waals surface area contributed by atoms with Crippen LogP contribution < -0.4 is 10.1 Å². The lowest BCUT2D eigenvalue weighted by molar-refractivity contribution is -0.136. The Bertz CT molecular complexity index is 2000. The van der Waals surface area contributed by atoms with Crippen molar-refractivity contribution in [2.45, 2.75) is 38.4 Å². The van der Waals surface area contributed by atoms with Crippen LogP contribution in [0.5, 0.6) is 5.75 Å². The van der Waals surface area contributed by atoms with Crippen molar-refractivity contribution in [1.82, 2.24) is 15.1 Å². The summed E-state index contributed by atoms with van der Waals surface area (Å²) >= 11 is 0. The first-order valence-electron chi connectivity index (χ1n) is 19.5. The highest BCUT2D eigenvalue weighted by molar-refractivity contribution is 6.05. The quantitative estimate of drug-likeness (QED) is 0.627. The van der Waals surface area contributed by atoms with Crippen molar-refractivity contribution in [3.05, 3.63) is 64.3 Å². The van der Waals surface area contributed by atoms with E-state index in [1.807, 2.05) is 0 Å². The Morgan fingerprint density at radius 1 is 1.29 bits per heavy atom. The number of hydrogen-bond donors (Lipinski definition) is 1. The van der Waals surface area contributed by atoms with E-state index in [9.17, 15) is 14.4 Å². The van der Waals surface area contributed by atoms with Crippen molar-refractivity contribution in [3.63, 3.8) is 0 Å². The number of nitrogens with one attached hydrogen (secondary N) is 1. The number of benzene rings is 2. The summed E-state index contributed by atoms with van der Waals surface area (Å²) in [7, 11) is 0. The fraction of sp³-hybridized carbons (Fsp3) is 0.400. The molecule has 0 saturated carbocycles. The SMILES string of the molecule is [2H]c1cc(C([2H])([2H])N2C([2H])([2H])C([2H])([2H])OC([2H])([2H])C2([2H])[2H])c([2H])c(C([2H])([2H])Oc2c([2H])c([2H])c([2H])c3c2C([2H])([2H])N(C2([2H])CCC(=O)NC2=O)C3=O)c1F. The molecule has 0 aliphatic carbocycles. The zero-order valence-electron chi connectivity index (χ0n) is 36.8. The lowest BCUT2D eigenvalue weighted by atomic mass is 10.0. The number of ether oxygens (including phenoxy) is 2. The van der Waals surface area contributed by atoms with Gasteiger partial charge in [0.05, 0.1) is 38.8 Å². The van der Waals surface area contributed by atoms with Gasteiger partial charge in [-0.25, -0.2) is 4.39 Å². The number of halogens is 1. The van der Waals surface area contributed by atoms with E-state index in [0.717, 1.165) is 0 Å². The maximum absolute atomic E-state index is 15.8. The smallest absolute Gasteiger partial charge is 0.255 e. The van der Waals surface area contributed by atoms with Gasteiger partial charge in [-0.05, 0) is 36.2 Å². The van der Waals surface area contributed by atoms with Crippen molar-refractivity contribution < 1.29 is 55.7 Å². The lowest BCUT2D eigenvalue weighted by Crippen LogP contribution is -2.52. The number of piperidine rings is 1. The van der Waals surface area contributed by atoms with Crippen LogP contribution in [0.1, 0.15) is 67.3 Å². The summed E-state index contributed by atoms with van der Waals surface area (Å²) in [6.07, 6.45) is -1.34. The third-order valence-electron chi connectivity index (χ3n) is 4.58. The average Bonchev–Trinajstić information content (AvgIpc) is 3.21. The molecular formula is C25H26FN3O5. The summed E-state index contributed by atoms with van der Waals surface area (Å²) in [6.45, 7) is -27.0. The Balaban J connectivity index is 1.71. The molecule has 2 saturated heterocycles. The molecule has 9 heteroatoms. The summed E-state index contributed by atoms with van der Waals surface area (Å²) in [4.78, 5) is 37.6. The number of carbonyl (C=O) groups is 3. The summed E-state index contributed by atoms with van der Waals surface area (Å²) in [6, 6.07) is -9.56. The minimum atomic E-state index is -3.99. The molecule has 2 aromatic carbocycles. The van der Waals surface area contributed by atoms with Crippen LogP contribution in [0.3, 0.4) is 0 Å². The van der Waals surface area contributed by atoms with Gasteiger partial charge in [0.2, 0.25) is 11.8 Å². The van der Waals surface area contributed by atoms with Gasteiger partial charge in [-0.2, -0.15) is 0 Å². The van der Waals surface area contributed by atoms with Crippen molar-refractivity contribution in [2.75, 3.05) is 26.1 Å². The van der Waals surface area contributed by atoms with Crippen LogP contribution >= 0.6 is 0 Å². The Hall–Kier alpha value is -3.30. The number of carbonyl (C=O) groups excluding carboxylic acids is 3. The van der Waals surface area contributed by atoms with Gasteiger partial charge in [-0.15, -0.1) is 0 Å². The molecule has 2 aromatic rings. The van der Waals surface area contributed by atoms with Crippen LogP contribution in [0, 0.1) is 5.82 Å². The second kappa shape index (κ2) is 9.52. The van der Waals surface area contributed by atoms with Crippen molar-refractivity contribution >= 4 is 17.7 Å². The van der Waals surface area contributed by atoms with Gasteiger partial charge >= 0.3 is 0 Å². The Morgan fingerprint density at radius 3 is 2.91 bits per heavy atom. The topological polar surface area (TPSA) is 88.2 Å². The third kappa shape index (κ3) is 4.53. The molecule has 1 unspecified atom stereocenters. The van der Waals surface area contributed by atoms with Gasteiger partial charge in [0, 0.05) is 50.8 Å². The average molecular weight is 488 g/mol. The number of nitrogens with zero attached hydrogens (tertiary/aromatic N) is 2. The Morgan fingerprint density at radius 2 is 2.12 bits per heavy atom. The van der Waals surface area contributed by atoms with E-state index in [-0.39, 0.29) is 11.0 Å². The summed E-state index contributed by atoms with van der Waals surface area (Å²) in [5, 5.41) is 1.77. The van der Waals surface area contributed by atoms with Gasteiger partial charge in [0.25, 0.3) is 5.91 Å². The molecule has 3 heterocycles. The van der Waals surface area contributed by atoms with Crippen LogP contribution in [0.2, 0.25) is 0 Å². The number of rotatable bonds is 6. The van der Waals surface area contributed by atoms with E-state index < -0.39 is 151 Å². The largest absolute Gasteiger partial charge is 0.488 e. The first-order valence-corrected chi connectivity index (χ1v) is 9.49. The predicted molar refractivity (Wildman–Crippen MR) is 119 cm³/mol. The van der Waals surface area contributed by atoms with Crippen LogP contribution in [-0.2, 0) is 33.9 Å². The molecule has 178 valence electrons. The van der Waals surface area contributed by atoms with E-state index in [0.29, 0.717) is 0 Å². The highest BCUT2D eigenvalue weighted by Gasteiger charge is 2.40. The zero-order chi connectivity index (χ0) is 41.5. The van der Waals surface area contributed by atoms with E-state index in [1.165, 1.54) is 0 Å². The second-order valence-corrected chi connectivity index (χ2v) is 6.73. The fourth-order valence-electron chi connectivity index (χ4n) is 3.05. The van der Waals surface area contributed by atoms with Crippen molar-refractivity contribution in [3.8, 4) is 5.75 Å². The van der Waals surface area contributed by atoms with Crippen LogP contribution in [0.4, 0.5) is 4.39 Å². The molecule has 0 bridgehead atoms. The standard InChI is InChI=1S/C25H26FN3O5/c26-20-5-4-16(13-28-8-10-33-11-9-28)12-17(20)15-34-22-3-1-2-18-19(22)14-29(25(18)32)21-6-7-23(30)27-24(21)31/h1-5,12,21H,6-11,13-15H2,(H,27,30,31)/i1D,2D,3D,5D,8D2,9D2,10D2,11D2,12D,13D2,14D2,15D2,21D. The first kappa shape index (κ1) is 9.05. The summed E-state index contributed by atoms with van der Waals surface area (Å²) < 4.78 is 192. The molecule has 5 rings (SSSR count). The molecule has 3 aliphatic rings. The second-order valence-electron chi connectivity index (χ2n) is 6.73. The molecule has 1 N–H and O–H groups in total. The molecular weight excluding hydrogens is 441 g/mol. The highest BCUT2D eigenvalue weighted by atomic mass is 19.1. The van der Waals surface area contributed by atoms with E-state index in [1.54, 1.807) is 5.32 Å². The van der Waals surface area contributed by atoms with Gasteiger partial charge in [0.15, 0.2) is 0 Å². The minimum Gasteiger partial charge on any atom is -0.488 e. The van der Waals surface area contributed by atoms with Crippen LogP contribution in [0.25, 0.3) is 0 Å². The normalized spacial score (nSPS) is 39.9. The zero-order valence-corrected chi connectivity index (χ0v) is 16.8. The number of imide groups is 1. The van der Waals surface area contributed by atoms with Gasteiger partial charge in [-0.3, -0.25) is 24.6 Å². The maximum atomic E-state index is 15.8. The van der Waals surface area contributed by atoms with E-state index >= 15 is 4.39 Å². The molecule has 3 amide bonds. The monoisotopic (exact) mass is 487 g/mol. The van der Waals surface area contributed by atoms with Gasteiger partial charge in [0.1, 0.15) is 24.1 Å². The molecule has 0 radical (unpaired) electrons. The Kier molecular flexibility index (Phi) is 2.53. The minimum absolute atomic E-state index is 0.0269. The molecule has 3 aliphatic heterocycles. The van der Waals surface area contributed by atoms with Crippen molar-refractivity contribution in [1.29, 1.82) is 0 Å². The number of amides is 3. The first-order chi connectivity index (χ1) is 24.2. The Labute approximate surface area is 224 Å². The number of fused-ring (bicyclic) bond motifs is 1. The fourth-order valence-corrected chi connectivity index (χ4v) is 3.05. The molecule has 2 fully saturated rings. The number of hydrogen-bond acceptors (Lipinski definition) is 6. The van der Waals surface area contributed by atoms with Crippen LogP contribution in [0.15, 0.2) is 36.3 Å². The third-order valence-corrected chi connectivity index (χ3v) is 4.58.